The molecule has 1 aromatic heterocycles. The summed E-state index contributed by atoms with van der Waals surface area (Å²) >= 11 is 0. The molecule has 2 amide bonds. The summed E-state index contributed by atoms with van der Waals surface area (Å²) in [5, 5.41) is 10.7. The number of rotatable bonds is 4. The first kappa shape index (κ1) is 20.7. The number of carbonyl (C=O) groups excluding carboxylic acids is 2. The summed E-state index contributed by atoms with van der Waals surface area (Å²) in [5.41, 5.74) is 1.12. The van der Waals surface area contributed by atoms with Gasteiger partial charge in [0.15, 0.2) is 0 Å². The van der Waals surface area contributed by atoms with Crippen LogP contribution in [0.5, 0.6) is 0 Å². The maximum atomic E-state index is 13.1. The van der Waals surface area contributed by atoms with E-state index in [0.29, 0.717) is 13.1 Å². The molecule has 0 bridgehead atoms. The van der Waals surface area contributed by atoms with Crippen LogP contribution in [0.4, 0.5) is 0 Å². The molecule has 0 aromatic carbocycles. The molecular formula is C18H30ClN5O2. The highest BCUT2D eigenvalue weighted by molar-refractivity contribution is 5.85. The number of amides is 2. The minimum Gasteiger partial charge on any atom is -0.351 e. The summed E-state index contributed by atoms with van der Waals surface area (Å²) in [6.07, 6.45) is 5.74. The van der Waals surface area contributed by atoms with Gasteiger partial charge >= 0.3 is 0 Å². The highest BCUT2D eigenvalue weighted by Gasteiger charge is 2.38. The van der Waals surface area contributed by atoms with E-state index in [0.717, 1.165) is 31.5 Å². The number of nitrogens with one attached hydrogen (secondary N) is 2. The summed E-state index contributed by atoms with van der Waals surface area (Å²) in [6.45, 7) is 6.70. The third-order valence-corrected chi connectivity index (χ3v) is 5.29. The number of likely N-dealkylation sites (tertiary alicyclic amines) is 1. The van der Waals surface area contributed by atoms with E-state index >= 15 is 0 Å². The van der Waals surface area contributed by atoms with Crippen LogP contribution in [-0.4, -0.2) is 58.7 Å². The van der Waals surface area contributed by atoms with Crippen molar-refractivity contribution in [2.45, 2.75) is 38.6 Å². The second kappa shape index (κ2) is 8.86. The van der Waals surface area contributed by atoms with Crippen molar-refractivity contribution in [2.24, 2.45) is 18.9 Å². The largest absolute Gasteiger partial charge is 0.351 e. The highest BCUT2D eigenvalue weighted by Crippen LogP contribution is 2.30. The zero-order valence-corrected chi connectivity index (χ0v) is 16.6. The summed E-state index contributed by atoms with van der Waals surface area (Å²) in [5.74, 6) is 0.355. The maximum Gasteiger partial charge on any atom is 0.227 e. The van der Waals surface area contributed by atoms with Crippen molar-refractivity contribution in [3.8, 4) is 0 Å². The molecule has 3 heterocycles. The molecule has 2 aliphatic heterocycles. The van der Waals surface area contributed by atoms with E-state index < -0.39 is 0 Å². The Labute approximate surface area is 161 Å². The number of carbonyl (C=O) groups is 2. The van der Waals surface area contributed by atoms with Gasteiger partial charge in [-0.3, -0.25) is 14.3 Å². The Morgan fingerprint density at radius 3 is 2.77 bits per heavy atom. The van der Waals surface area contributed by atoms with Crippen molar-refractivity contribution >= 4 is 24.2 Å². The lowest BCUT2D eigenvalue weighted by Gasteiger charge is -2.35. The van der Waals surface area contributed by atoms with Crippen LogP contribution in [0.25, 0.3) is 0 Å². The highest BCUT2D eigenvalue weighted by atomic mass is 35.5. The molecule has 2 N–H and O–H groups in total. The maximum absolute atomic E-state index is 13.1. The van der Waals surface area contributed by atoms with E-state index in [1.165, 1.54) is 0 Å². The third kappa shape index (κ3) is 4.57. The van der Waals surface area contributed by atoms with E-state index in [2.05, 4.69) is 15.7 Å². The number of nitrogens with zero attached hydrogens (tertiary/aromatic N) is 3. The average Bonchev–Trinajstić information content (AvgIpc) is 3.22. The van der Waals surface area contributed by atoms with Crippen LogP contribution in [0.15, 0.2) is 12.4 Å². The van der Waals surface area contributed by atoms with Gasteiger partial charge in [0.05, 0.1) is 12.1 Å². The number of piperidine rings is 1. The molecular weight excluding hydrogens is 354 g/mol. The van der Waals surface area contributed by atoms with Gasteiger partial charge in [0.1, 0.15) is 0 Å². The molecule has 2 saturated heterocycles. The number of hydrogen-bond donors (Lipinski definition) is 2. The van der Waals surface area contributed by atoms with Gasteiger partial charge in [-0.15, -0.1) is 12.4 Å². The summed E-state index contributed by atoms with van der Waals surface area (Å²) < 4.78 is 1.79. The van der Waals surface area contributed by atoms with Crippen LogP contribution in [0.1, 0.15) is 38.2 Å². The molecule has 146 valence electrons. The monoisotopic (exact) mass is 383 g/mol. The van der Waals surface area contributed by atoms with Crippen molar-refractivity contribution in [1.82, 2.24) is 25.3 Å². The quantitative estimate of drug-likeness (QED) is 0.810. The van der Waals surface area contributed by atoms with E-state index in [1.54, 1.807) is 4.68 Å². The number of hydrogen-bond acceptors (Lipinski definition) is 4. The summed E-state index contributed by atoms with van der Waals surface area (Å²) in [6, 6.07) is 0.0683. The van der Waals surface area contributed by atoms with Crippen molar-refractivity contribution in [3.05, 3.63) is 18.0 Å². The van der Waals surface area contributed by atoms with Crippen LogP contribution < -0.4 is 10.6 Å². The van der Waals surface area contributed by atoms with Crippen molar-refractivity contribution < 1.29 is 9.59 Å². The normalized spacial score (nSPS) is 25.8. The predicted octanol–water partition coefficient (Wildman–Crippen LogP) is 0.908. The van der Waals surface area contributed by atoms with Crippen LogP contribution in [0.2, 0.25) is 0 Å². The van der Waals surface area contributed by atoms with Gasteiger partial charge in [0.2, 0.25) is 11.8 Å². The number of aromatic nitrogens is 2. The number of halogens is 1. The van der Waals surface area contributed by atoms with E-state index in [9.17, 15) is 9.59 Å². The van der Waals surface area contributed by atoms with Crippen LogP contribution >= 0.6 is 12.4 Å². The molecule has 0 saturated carbocycles. The van der Waals surface area contributed by atoms with Gasteiger partial charge in [-0.25, -0.2) is 0 Å². The lowest BCUT2D eigenvalue weighted by Crippen LogP contribution is -2.52. The first-order valence-corrected chi connectivity index (χ1v) is 9.24. The standard InChI is InChI=1S/C18H29N5O2.ClH/c1-12(2)17(24)21-14-5-4-6-23(11-14)18(25)16-9-19-8-15(16)13-7-20-22(3)10-13;/h7,10,12,14-16,19H,4-6,8-9,11H2,1-3H3,(H,21,24);1H/t14?,15-,16+;/m1./s1. The minimum absolute atomic E-state index is 0. The minimum atomic E-state index is -0.0521. The summed E-state index contributed by atoms with van der Waals surface area (Å²) in [4.78, 5) is 27.0. The Morgan fingerprint density at radius 1 is 1.35 bits per heavy atom. The molecule has 1 unspecified atom stereocenters. The molecule has 2 fully saturated rings. The second-order valence-electron chi connectivity index (χ2n) is 7.61. The predicted molar refractivity (Wildman–Crippen MR) is 102 cm³/mol. The van der Waals surface area contributed by atoms with E-state index in [4.69, 9.17) is 0 Å². The van der Waals surface area contributed by atoms with Gasteiger partial charge in [0.25, 0.3) is 0 Å². The Balaban J connectivity index is 0.00000243. The van der Waals surface area contributed by atoms with Gasteiger partial charge in [0, 0.05) is 57.3 Å². The molecule has 0 radical (unpaired) electrons. The SMILES string of the molecule is CC(C)C(=O)NC1CCCN(C(=O)[C@H]2CNC[C@@H]2c2cnn(C)c2)C1.Cl. The zero-order chi connectivity index (χ0) is 18.0. The first-order valence-electron chi connectivity index (χ1n) is 9.24. The molecule has 3 atom stereocenters. The van der Waals surface area contributed by atoms with Gasteiger partial charge in [-0.05, 0) is 18.4 Å². The van der Waals surface area contributed by atoms with Crippen LogP contribution in [0, 0.1) is 11.8 Å². The molecule has 8 heteroatoms. The van der Waals surface area contributed by atoms with Crippen molar-refractivity contribution in [3.63, 3.8) is 0 Å². The second-order valence-corrected chi connectivity index (χ2v) is 7.61. The van der Waals surface area contributed by atoms with Crippen LogP contribution in [-0.2, 0) is 16.6 Å². The Kier molecular flexibility index (Phi) is 7.06. The average molecular weight is 384 g/mol. The molecule has 3 rings (SSSR count). The van der Waals surface area contributed by atoms with E-state index in [-0.39, 0.29) is 48.0 Å². The molecule has 7 nitrogen and oxygen atoms in total. The third-order valence-electron chi connectivity index (χ3n) is 5.29. The summed E-state index contributed by atoms with van der Waals surface area (Å²) in [7, 11) is 1.90. The van der Waals surface area contributed by atoms with Crippen molar-refractivity contribution in [1.29, 1.82) is 0 Å². The topological polar surface area (TPSA) is 79.3 Å². The lowest BCUT2D eigenvalue weighted by molar-refractivity contribution is -0.137. The lowest BCUT2D eigenvalue weighted by atomic mass is 9.89. The molecule has 1 aromatic rings. The van der Waals surface area contributed by atoms with Gasteiger partial charge in [-0.2, -0.15) is 5.10 Å². The van der Waals surface area contributed by atoms with E-state index in [1.807, 2.05) is 38.2 Å². The molecule has 0 spiro atoms. The Hall–Kier alpha value is -1.60. The van der Waals surface area contributed by atoms with Crippen molar-refractivity contribution in [2.75, 3.05) is 26.2 Å². The fraction of sp³-hybridized carbons (Fsp3) is 0.722. The zero-order valence-electron chi connectivity index (χ0n) is 15.8. The van der Waals surface area contributed by atoms with Crippen LogP contribution in [0.3, 0.4) is 0 Å². The molecule has 0 aliphatic carbocycles. The number of aryl methyl sites for hydroxylation is 1. The first-order chi connectivity index (χ1) is 12.0. The Bertz CT molecular complexity index is 633. The Morgan fingerprint density at radius 2 is 2.12 bits per heavy atom. The molecule has 26 heavy (non-hydrogen) atoms. The smallest absolute Gasteiger partial charge is 0.227 e. The van der Waals surface area contributed by atoms with Gasteiger partial charge in [-0.1, -0.05) is 13.8 Å². The molecule has 2 aliphatic rings. The van der Waals surface area contributed by atoms with Gasteiger partial charge < -0.3 is 15.5 Å². The fourth-order valence-corrected chi connectivity index (χ4v) is 3.82. The fourth-order valence-electron chi connectivity index (χ4n) is 3.82.